The first-order chi connectivity index (χ1) is 11.9. The van der Waals surface area contributed by atoms with E-state index in [1.54, 1.807) is 12.1 Å². The Morgan fingerprint density at radius 1 is 1.08 bits per heavy atom. The van der Waals surface area contributed by atoms with Gasteiger partial charge < -0.3 is 20.5 Å². The van der Waals surface area contributed by atoms with Crippen LogP contribution in [0, 0.1) is 5.82 Å². The maximum atomic E-state index is 13.1. The van der Waals surface area contributed by atoms with Crippen LogP contribution in [0.3, 0.4) is 0 Å². The number of hydrogen-bond donors (Lipinski definition) is 2. The van der Waals surface area contributed by atoms with E-state index in [0.717, 1.165) is 11.4 Å². The number of aliphatic imine (C=N–C) groups is 1. The van der Waals surface area contributed by atoms with E-state index in [-0.39, 0.29) is 24.0 Å². The molecule has 1 atom stereocenters. The molecular formula is C19H24FN3O2. The Bertz CT molecular complexity index is 702. The summed E-state index contributed by atoms with van der Waals surface area (Å²) in [6, 6.07) is 13.5. The number of anilines is 1. The molecule has 0 radical (unpaired) electrons. The molecule has 1 unspecified atom stereocenters. The van der Waals surface area contributed by atoms with Gasteiger partial charge in [-0.1, -0.05) is 6.07 Å². The van der Waals surface area contributed by atoms with Crippen molar-refractivity contribution in [3.8, 4) is 11.5 Å². The van der Waals surface area contributed by atoms with Crippen molar-refractivity contribution >= 4 is 11.6 Å². The summed E-state index contributed by atoms with van der Waals surface area (Å²) in [4.78, 5) is 4.24. The van der Waals surface area contributed by atoms with Crippen molar-refractivity contribution in [1.29, 1.82) is 0 Å². The predicted octanol–water partition coefficient (Wildman–Crippen LogP) is 3.81. The molecule has 0 saturated carbocycles. The van der Waals surface area contributed by atoms with E-state index in [1.165, 1.54) is 12.1 Å². The van der Waals surface area contributed by atoms with E-state index >= 15 is 0 Å². The molecule has 0 bridgehead atoms. The average molecular weight is 345 g/mol. The number of ether oxygens (including phenoxy) is 2. The van der Waals surface area contributed by atoms with Crippen LogP contribution >= 0.6 is 0 Å². The molecule has 3 N–H and O–H groups in total. The highest BCUT2D eigenvalue weighted by Gasteiger charge is 2.05. The molecule has 0 aliphatic carbocycles. The number of hydrogen-bond acceptors (Lipinski definition) is 3. The normalized spacial score (nSPS) is 12.8. The Kier molecular flexibility index (Phi) is 6.62. The summed E-state index contributed by atoms with van der Waals surface area (Å²) < 4.78 is 24.3. The Labute approximate surface area is 147 Å². The maximum Gasteiger partial charge on any atom is 0.193 e. The third-order valence-electron chi connectivity index (χ3n) is 3.15. The molecule has 0 amide bonds. The standard InChI is InChI=1S/C19H24FN3O2/c1-13(2)24-17-9-7-16(8-10-17)23-19(21)22-12-14(3)25-18-6-4-5-15(20)11-18/h4-11,13-14H,12H2,1-3H3,(H3,21,22,23). The minimum absolute atomic E-state index is 0.130. The topological polar surface area (TPSA) is 68.9 Å². The Morgan fingerprint density at radius 2 is 1.80 bits per heavy atom. The molecule has 0 aromatic heterocycles. The number of nitrogens with one attached hydrogen (secondary N) is 1. The summed E-state index contributed by atoms with van der Waals surface area (Å²) in [7, 11) is 0. The highest BCUT2D eigenvalue weighted by atomic mass is 19.1. The second-order valence-electron chi connectivity index (χ2n) is 5.93. The molecule has 2 aromatic carbocycles. The van der Waals surface area contributed by atoms with Crippen molar-refractivity contribution in [2.75, 3.05) is 11.9 Å². The third-order valence-corrected chi connectivity index (χ3v) is 3.15. The molecule has 0 spiro atoms. The van der Waals surface area contributed by atoms with Gasteiger partial charge in [-0.3, -0.25) is 0 Å². The summed E-state index contributed by atoms with van der Waals surface area (Å²) in [5, 5.41) is 3.01. The Balaban J connectivity index is 1.84. The number of rotatable bonds is 7. The lowest BCUT2D eigenvalue weighted by Gasteiger charge is -2.13. The van der Waals surface area contributed by atoms with Gasteiger partial charge in [-0.05, 0) is 57.2 Å². The molecule has 0 saturated heterocycles. The predicted molar refractivity (Wildman–Crippen MR) is 98.8 cm³/mol. The van der Waals surface area contributed by atoms with Gasteiger partial charge in [0.2, 0.25) is 0 Å². The van der Waals surface area contributed by atoms with Crippen molar-refractivity contribution in [2.45, 2.75) is 33.0 Å². The van der Waals surface area contributed by atoms with Crippen LogP contribution in [-0.4, -0.2) is 24.7 Å². The lowest BCUT2D eigenvalue weighted by Crippen LogP contribution is -2.25. The van der Waals surface area contributed by atoms with Crippen molar-refractivity contribution in [3.05, 3.63) is 54.3 Å². The lowest BCUT2D eigenvalue weighted by molar-refractivity contribution is 0.229. The van der Waals surface area contributed by atoms with Crippen LogP contribution in [0.1, 0.15) is 20.8 Å². The van der Waals surface area contributed by atoms with Crippen molar-refractivity contribution in [2.24, 2.45) is 10.7 Å². The van der Waals surface area contributed by atoms with Crippen molar-refractivity contribution in [3.63, 3.8) is 0 Å². The molecule has 2 rings (SSSR count). The average Bonchev–Trinajstić information content (AvgIpc) is 2.54. The van der Waals surface area contributed by atoms with E-state index in [0.29, 0.717) is 12.3 Å². The highest BCUT2D eigenvalue weighted by molar-refractivity contribution is 5.92. The van der Waals surface area contributed by atoms with Gasteiger partial charge in [0.15, 0.2) is 5.96 Å². The second-order valence-corrected chi connectivity index (χ2v) is 5.93. The summed E-state index contributed by atoms with van der Waals surface area (Å²) in [5.41, 5.74) is 6.70. The molecule has 0 aliphatic heterocycles. The summed E-state index contributed by atoms with van der Waals surface area (Å²) in [6.07, 6.45) is -0.103. The van der Waals surface area contributed by atoms with Gasteiger partial charge in [0.05, 0.1) is 12.6 Å². The number of nitrogens with two attached hydrogens (primary N) is 1. The third kappa shape index (κ3) is 6.71. The van der Waals surface area contributed by atoms with Crippen molar-refractivity contribution in [1.82, 2.24) is 0 Å². The molecule has 0 aliphatic rings. The van der Waals surface area contributed by atoms with Gasteiger partial charge in [0.1, 0.15) is 23.4 Å². The zero-order valence-corrected chi connectivity index (χ0v) is 14.7. The largest absolute Gasteiger partial charge is 0.491 e. The zero-order valence-electron chi connectivity index (χ0n) is 14.7. The number of halogens is 1. The van der Waals surface area contributed by atoms with Crippen molar-refractivity contribution < 1.29 is 13.9 Å². The summed E-state index contributed by atoms with van der Waals surface area (Å²) in [6.45, 7) is 6.15. The quantitative estimate of drug-likeness (QED) is 0.591. The van der Waals surface area contributed by atoms with Crippen LogP contribution in [0.25, 0.3) is 0 Å². The highest BCUT2D eigenvalue weighted by Crippen LogP contribution is 2.17. The fourth-order valence-corrected chi connectivity index (χ4v) is 2.11. The Morgan fingerprint density at radius 3 is 2.44 bits per heavy atom. The fourth-order valence-electron chi connectivity index (χ4n) is 2.11. The van der Waals surface area contributed by atoms with Crippen LogP contribution in [0.5, 0.6) is 11.5 Å². The van der Waals surface area contributed by atoms with Gasteiger partial charge in [-0.25, -0.2) is 9.38 Å². The van der Waals surface area contributed by atoms with E-state index in [4.69, 9.17) is 15.2 Å². The smallest absolute Gasteiger partial charge is 0.193 e. The van der Waals surface area contributed by atoms with Crippen LogP contribution in [0.4, 0.5) is 10.1 Å². The van der Waals surface area contributed by atoms with E-state index in [9.17, 15) is 4.39 Å². The van der Waals surface area contributed by atoms with Gasteiger partial charge in [0.25, 0.3) is 0 Å². The first kappa shape index (κ1) is 18.6. The van der Waals surface area contributed by atoms with E-state index in [2.05, 4.69) is 10.3 Å². The zero-order chi connectivity index (χ0) is 18.2. The molecule has 6 heteroatoms. The first-order valence-corrected chi connectivity index (χ1v) is 8.18. The fraction of sp³-hybridized carbons (Fsp3) is 0.316. The molecule has 0 fully saturated rings. The van der Waals surface area contributed by atoms with E-state index < -0.39 is 0 Å². The maximum absolute atomic E-state index is 13.1. The molecule has 2 aromatic rings. The molecular weight excluding hydrogens is 321 g/mol. The second kappa shape index (κ2) is 8.92. The Hall–Kier alpha value is -2.76. The van der Waals surface area contributed by atoms with Gasteiger partial charge >= 0.3 is 0 Å². The number of benzene rings is 2. The monoisotopic (exact) mass is 345 g/mol. The number of guanidine groups is 1. The van der Waals surface area contributed by atoms with Gasteiger partial charge in [-0.15, -0.1) is 0 Å². The van der Waals surface area contributed by atoms with E-state index in [1.807, 2.05) is 45.0 Å². The van der Waals surface area contributed by atoms with Gasteiger partial charge in [0, 0.05) is 11.8 Å². The van der Waals surface area contributed by atoms with Crippen LogP contribution in [-0.2, 0) is 0 Å². The van der Waals surface area contributed by atoms with Crippen LogP contribution in [0.2, 0.25) is 0 Å². The first-order valence-electron chi connectivity index (χ1n) is 8.18. The lowest BCUT2D eigenvalue weighted by atomic mass is 10.3. The number of nitrogens with zero attached hydrogens (tertiary/aromatic N) is 1. The van der Waals surface area contributed by atoms with Crippen LogP contribution in [0.15, 0.2) is 53.5 Å². The van der Waals surface area contributed by atoms with Crippen LogP contribution < -0.4 is 20.5 Å². The SMILES string of the molecule is CC(C)Oc1ccc(NC(N)=NCC(C)Oc2cccc(F)c2)cc1. The minimum atomic E-state index is -0.334. The minimum Gasteiger partial charge on any atom is -0.491 e. The summed E-state index contributed by atoms with van der Waals surface area (Å²) >= 11 is 0. The summed E-state index contributed by atoms with van der Waals surface area (Å²) in [5.74, 6) is 1.22. The molecule has 134 valence electrons. The molecule has 5 nitrogen and oxygen atoms in total. The molecule has 25 heavy (non-hydrogen) atoms. The molecule has 0 heterocycles. The van der Waals surface area contributed by atoms with Gasteiger partial charge in [-0.2, -0.15) is 0 Å².